The molecule has 0 radical (unpaired) electrons. The minimum Gasteiger partial charge on any atom is -0.378 e. The lowest BCUT2D eigenvalue weighted by Crippen LogP contribution is -2.46. The van der Waals surface area contributed by atoms with Gasteiger partial charge < -0.3 is 20.3 Å². The molecule has 1 aliphatic heterocycles. The lowest BCUT2D eigenvalue weighted by Gasteiger charge is -2.26. The van der Waals surface area contributed by atoms with Crippen LogP contribution in [0, 0.1) is 5.92 Å². The van der Waals surface area contributed by atoms with E-state index < -0.39 is 0 Å². The second kappa shape index (κ2) is 13.7. The first kappa shape index (κ1) is 24.7. The highest BCUT2D eigenvalue weighted by Crippen LogP contribution is 2.26. The van der Waals surface area contributed by atoms with Crippen molar-refractivity contribution >= 4 is 35.8 Å². The maximum Gasteiger partial charge on any atom is 0.225 e. The molecule has 1 saturated heterocycles. The number of likely N-dealkylation sites (tertiary alicyclic amines) is 1. The molecule has 2 N–H and O–H groups in total. The highest BCUT2D eigenvalue weighted by molar-refractivity contribution is 14.0. The van der Waals surface area contributed by atoms with E-state index >= 15 is 0 Å². The number of rotatable bonds is 7. The number of hydrogen-bond acceptors (Lipinski definition) is 3. The maximum absolute atomic E-state index is 12.7. The molecule has 3 aliphatic rings. The van der Waals surface area contributed by atoms with Crippen LogP contribution in [0.2, 0.25) is 0 Å². The second-order valence-corrected chi connectivity index (χ2v) is 8.73. The third kappa shape index (κ3) is 8.23. The van der Waals surface area contributed by atoms with Crippen molar-refractivity contribution in [1.29, 1.82) is 0 Å². The Kier molecular flexibility index (Phi) is 11.6. The fourth-order valence-electron chi connectivity index (χ4n) is 4.83. The van der Waals surface area contributed by atoms with Crippen molar-refractivity contribution in [3.05, 3.63) is 0 Å². The first-order chi connectivity index (χ1) is 13.8. The lowest BCUT2D eigenvalue weighted by atomic mass is 9.88. The van der Waals surface area contributed by atoms with Crippen molar-refractivity contribution in [2.24, 2.45) is 10.9 Å². The zero-order valence-electron chi connectivity index (χ0n) is 18.2. The highest BCUT2D eigenvalue weighted by atomic mass is 127. The lowest BCUT2D eigenvalue weighted by molar-refractivity contribution is -0.135. The van der Waals surface area contributed by atoms with Gasteiger partial charge in [-0.1, -0.05) is 38.5 Å². The summed E-state index contributed by atoms with van der Waals surface area (Å²) >= 11 is 0. The van der Waals surface area contributed by atoms with Gasteiger partial charge in [0.25, 0.3) is 0 Å². The average molecular weight is 521 g/mol. The molecule has 0 bridgehead atoms. The van der Waals surface area contributed by atoms with Crippen molar-refractivity contribution in [2.75, 3.05) is 33.3 Å². The van der Waals surface area contributed by atoms with Gasteiger partial charge >= 0.3 is 0 Å². The summed E-state index contributed by atoms with van der Waals surface area (Å²) in [7, 11) is 1.81. The zero-order valence-corrected chi connectivity index (χ0v) is 20.5. The van der Waals surface area contributed by atoms with E-state index in [0.29, 0.717) is 18.1 Å². The molecule has 2 aliphatic carbocycles. The Hall–Kier alpha value is -0.570. The van der Waals surface area contributed by atoms with E-state index in [1.165, 1.54) is 51.4 Å². The Morgan fingerprint density at radius 3 is 2.41 bits per heavy atom. The Morgan fingerprint density at radius 1 is 1.03 bits per heavy atom. The van der Waals surface area contributed by atoms with Gasteiger partial charge in [0.2, 0.25) is 5.91 Å². The number of amides is 1. The van der Waals surface area contributed by atoms with Crippen molar-refractivity contribution in [3.63, 3.8) is 0 Å². The van der Waals surface area contributed by atoms with Crippen molar-refractivity contribution in [2.45, 2.75) is 89.2 Å². The van der Waals surface area contributed by atoms with E-state index in [4.69, 9.17) is 4.74 Å². The topological polar surface area (TPSA) is 66.0 Å². The van der Waals surface area contributed by atoms with Crippen LogP contribution in [-0.4, -0.2) is 62.2 Å². The number of carbonyl (C=O) groups excluding carboxylic acids is 1. The van der Waals surface area contributed by atoms with Gasteiger partial charge in [0, 0.05) is 45.2 Å². The molecule has 168 valence electrons. The Bertz CT molecular complexity index is 505. The third-order valence-electron chi connectivity index (χ3n) is 6.54. The number of hydrogen-bond donors (Lipinski definition) is 2. The minimum absolute atomic E-state index is 0. The van der Waals surface area contributed by atoms with Gasteiger partial charge in [-0.05, 0) is 38.5 Å². The van der Waals surface area contributed by atoms with E-state index in [0.717, 1.165) is 57.9 Å². The summed E-state index contributed by atoms with van der Waals surface area (Å²) in [4.78, 5) is 19.1. The standard InChI is InChI=1S/C22H40N4O2.HI/c1-23-22(24-14-8-16-28-20-11-6-3-7-12-20)25-19-13-15-26(17-19)21(27)18-9-4-2-5-10-18;/h18-20H,2-17H2,1H3,(H2,23,24,25);1H. The molecule has 3 fully saturated rings. The summed E-state index contributed by atoms with van der Waals surface area (Å²) in [5.74, 6) is 1.50. The molecule has 3 rings (SSSR count). The summed E-state index contributed by atoms with van der Waals surface area (Å²) in [5, 5.41) is 6.89. The molecule has 7 heteroatoms. The summed E-state index contributed by atoms with van der Waals surface area (Å²) in [6, 6.07) is 0.303. The summed E-state index contributed by atoms with van der Waals surface area (Å²) in [5.41, 5.74) is 0. The van der Waals surface area contributed by atoms with Crippen LogP contribution in [0.5, 0.6) is 0 Å². The Balaban J connectivity index is 0.00000300. The van der Waals surface area contributed by atoms with Crippen LogP contribution in [0.3, 0.4) is 0 Å². The number of guanidine groups is 1. The highest BCUT2D eigenvalue weighted by Gasteiger charge is 2.31. The fraction of sp³-hybridized carbons (Fsp3) is 0.909. The van der Waals surface area contributed by atoms with E-state index in [2.05, 4.69) is 20.5 Å². The van der Waals surface area contributed by atoms with Crippen LogP contribution in [0.1, 0.15) is 77.0 Å². The SMILES string of the molecule is CN=C(NCCCOC1CCCCC1)NC1CCN(C(=O)C2CCCCC2)C1.I. The van der Waals surface area contributed by atoms with Crippen molar-refractivity contribution in [1.82, 2.24) is 15.5 Å². The van der Waals surface area contributed by atoms with Crippen LogP contribution in [0.25, 0.3) is 0 Å². The fourth-order valence-corrected chi connectivity index (χ4v) is 4.83. The van der Waals surface area contributed by atoms with E-state index in [9.17, 15) is 4.79 Å². The van der Waals surface area contributed by atoms with Crippen LogP contribution in [0.4, 0.5) is 0 Å². The Morgan fingerprint density at radius 2 is 1.72 bits per heavy atom. The van der Waals surface area contributed by atoms with Crippen LogP contribution in [-0.2, 0) is 9.53 Å². The molecule has 1 unspecified atom stereocenters. The minimum atomic E-state index is 0. The van der Waals surface area contributed by atoms with Gasteiger partial charge in [-0.2, -0.15) is 0 Å². The number of nitrogens with zero attached hydrogens (tertiary/aromatic N) is 2. The van der Waals surface area contributed by atoms with Gasteiger partial charge in [-0.3, -0.25) is 9.79 Å². The smallest absolute Gasteiger partial charge is 0.225 e. The van der Waals surface area contributed by atoms with E-state index in [1.54, 1.807) is 0 Å². The number of nitrogens with one attached hydrogen (secondary N) is 2. The molecule has 0 aromatic carbocycles. The molecule has 0 spiro atoms. The molecule has 0 aromatic heterocycles. The molecule has 2 saturated carbocycles. The Labute approximate surface area is 194 Å². The molecular formula is C22H41IN4O2. The van der Waals surface area contributed by atoms with Crippen LogP contribution < -0.4 is 10.6 Å². The first-order valence-electron chi connectivity index (χ1n) is 11.6. The van der Waals surface area contributed by atoms with Crippen molar-refractivity contribution < 1.29 is 9.53 Å². The number of ether oxygens (including phenoxy) is 1. The second-order valence-electron chi connectivity index (χ2n) is 8.73. The molecular weight excluding hydrogens is 479 g/mol. The first-order valence-corrected chi connectivity index (χ1v) is 11.6. The van der Waals surface area contributed by atoms with Gasteiger partial charge in [0.15, 0.2) is 5.96 Å². The molecule has 1 amide bonds. The summed E-state index contributed by atoms with van der Waals surface area (Å²) < 4.78 is 5.99. The molecule has 1 heterocycles. The van der Waals surface area contributed by atoms with Crippen LogP contribution in [0.15, 0.2) is 4.99 Å². The van der Waals surface area contributed by atoms with Crippen molar-refractivity contribution in [3.8, 4) is 0 Å². The molecule has 29 heavy (non-hydrogen) atoms. The average Bonchev–Trinajstić information content (AvgIpc) is 3.22. The predicted molar refractivity (Wildman–Crippen MR) is 129 cm³/mol. The zero-order chi connectivity index (χ0) is 19.6. The number of halogens is 1. The summed E-state index contributed by atoms with van der Waals surface area (Å²) in [6.07, 6.45) is 14.8. The van der Waals surface area contributed by atoms with Gasteiger partial charge in [-0.25, -0.2) is 0 Å². The molecule has 6 nitrogen and oxygen atoms in total. The third-order valence-corrected chi connectivity index (χ3v) is 6.54. The monoisotopic (exact) mass is 520 g/mol. The van der Waals surface area contributed by atoms with Gasteiger partial charge in [0.1, 0.15) is 0 Å². The molecule has 0 aromatic rings. The normalized spacial score (nSPS) is 24.2. The van der Waals surface area contributed by atoms with Crippen LogP contribution >= 0.6 is 24.0 Å². The van der Waals surface area contributed by atoms with Gasteiger partial charge in [0.05, 0.1) is 6.10 Å². The number of carbonyl (C=O) groups is 1. The number of aliphatic imine (C=N–C) groups is 1. The molecule has 1 atom stereocenters. The van der Waals surface area contributed by atoms with E-state index in [-0.39, 0.29) is 29.9 Å². The van der Waals surface area contributed by atoms with E-state index in [1.807, 2.05) is 7.05 Å². The largest absolute Gasteiger partial charge is 0.378 e. The van der Waals surface area contributed by atoms with Gasteiger partial charge in [-0.15, -0.1) is 24.0 Å². The predicted octanol–water partition coefficient (Wildman–Crippen LogP) is 3.69. The summed E-state index contributed by atoms with van der Waals surface area (Å²) in [6.45, 7) is 3.37. The maximum atomic E-state index is 12.7. The quantitative estimate of drug-likeness (QED) is 0.233.